The van der Waals surface area contributed by atoms with Crippen LogP contribution in [0.2, 0.25) is 0 Å². The van der Waals surface area contributed by atoms with Crippen LogP contribution in [0.5, 0.6) is 0 Å². The van der Waals surface area contributed by atoms with Gasteiger partial charge in [-0.3, -0.25) is 9.88 Å². The molecule has 3 aromatic rings. The molecule has 4 heterocycles. The number of likely N-dealkylation sites (tertiary alicyclic amines) is 1. The van der Waals surface area contributed by atoms with Gasteiger partial charge < -0.3 is 4.52 Å². The summed E-state index contributed by atoms with van der Waals surface area (Å²) in [6.45, 7) is 6.45. The van der Waals surface area contributed by atoms with Crippen molar-refractivity contribution in [3.8, 4) is 11.4 Å². The molecule has 0 aliphatic carbocycles. The fourth-order valence-corrected chi connectivity index (χ4v) is 3.35. The Balaban J connectivity index is 1.45. The highest BCUT2D eigenvalue weighted by molar-refractivity contribution is 5.51. The van der Waals surface area contributed by atoms with E-state index in [4.69, 9.17) is 4.52 Å². The van der Waals surface area contributed by atoms with Gasteiger partial charge >= 0.3 is 0 Å². The average Bonchev–Trinajstić information content (AvgIpc) is 3.32. The summed E-state index contributed by atoms with van der Waals surface area (Å²) < 4.78 is 7.44. The molecule has 4 rings (SSSR count). The number of nitrogens with zero attached hydrogens (tertiary/aromatic N) is 7. The normalized spacial score (nSPS) is 18.1. The van der Waals surface area contributed by atoms with E-state index in [0.717, 1.165) is 36.7 Å². The molecule has 0 saturated carbocycles. The Morgan fingerprint density at radius 2 is 2.20 bits per heavy atom. The van der Waals surface area contributed by atoms with Crippen molar-refractivity contribution in [2.75, 3.05) is 6.54 Å². The third-order valence-corrected chi connectivity index (χ3v) is 4.57. The Kier molecular flexibility index (Phi) is 4.27. The Morgan fingerprint density at radius 1 is 1.28 bits per heavy atom. The Hall–Kier alpha value is -2.61. The van der Waals surface area contributed by atoms with Gasteiger partial charge in [-0.1, -0.05) is 5.16 Å². The van der Waals surface area contributed by atoms with E-state index >= 15 is 0 Å². The summed E-state index contributed by atoms with van der Waals surface area (Å²) in [5, 5.41) is 8.55. The number of aromatic nitrogens is 6. The van der Waals surface area contributed by atoms with E-state index in [2.05, 4.69) is 30.1 Å². The highest BCUT2D eigenvalue weighted by atomic mass is 16.5. The molecule has 0 radical (unpaired) electrons. The van der Waals surface area contributed by atoms with Gasteiger partial charge in [-0.15, -0.1) is 0 Å². The number of hydrogen-bond acceptors (Lipinski definition) is 7. The first-order valence-electron chi connectivity index (χ1n) is 8.54. The van der Waals surface area contributed by atoms with Crippen molar-refractivity contribution in [3.05, 3.63) is 42.1 Å². The predicted octanol–water partition coefficient (Wildman–Crippen LogP) is 2.00. The molecular formula is C17H21N7O. The van der Waals surface area contributed by atoms with Crippen LogP contribution < -0.4 is 0 Å². The fourth-order valence-electron chi connectivity index (χ4n) is 3.35. The Morgan fingerprint density at radius 3 is 2.96 bits per heavy atom. The summed E-state index contributed by atoms with van der Waals surface area (Å²) in [7, 11) is 0. The first-order chi connectivity index (χ1) is 12.2. The van der Waals surface area contributed by atoms with Crippen LogP contribution in [0.4, 0.5) is 0 Å². The minimum Gasteiger partial charge on any atom is -0.338 e. The van der Waals surface area contributed by atoms with Crippen LogP contribution in [0.3, 0.4) is 0 Å². The maximum absolute atomic E-state index is 5.44. The predicted molar refractivity (Wildman–Crippen MR) is 90.5 cm³/mol. The highest BCUT2D eigenvalue weighted by Gasteiger charge is 2.27. The molecule has 25 heavy (non-hydrogen) atoms. The summed E-state index contributed by atoms with van der Waals surface area (Å²) in [6, 6.07) is 4.20. The van der Waals surface area contributed by atoms with Crippen molar-refractivity contribution in [3.63, 3.8) is 0 Å². The van der Waals surface area contributed by atoms with Crippen LogP contribution in [0, 0.1) is 13.8 Å². The van der Waals surface area contributed by atoms with E-state index < -0.39 is 0 Å². The molecule has 0 amide bonds. The zero-order valence-electron chi connectivity index (χ0n) is 14.5. The Labute approximate surface area is 145 Å². The second-order valence-electron chi connectivity index (χ2n) is 6.41. The number of rotatable bonds is 5. The summed E-state index contributed by atoms with van der Waals surface area (Å²) in [6.07, 6.45) is 5.78. The summed E-state index contributed by atoms with van der Waals surface area (Å²) >= 11 is 0. The molecular weight excluding hydrogens is 318 g/mol. The first kappa shape index (κ1) is 15.9. The lowest BCUT2D eigenvalue weighted by Gasteiger charge is -2.22. The second kappa shape index (κ2) is 6.72. The van der Waals surface area contributed by atoms with E-state index in [1.54, 1.807) is 12.4 Å². The van der Waals surface area contributed by atoms with Crippen molar-refractivity contribution >= 4 is 0 Å². The topological polar surface area (TPSA) is 85.8 Å². The van der Waals surface area contributed by atoms with Crippen molar-refractivity contribution in [2.45, 2.75) is 45.8 Å². The minimum atomic E-state index is 0.411. The maximum Gasteiger partial charge on any atom is 0.241 e. The second-order valence-corrected chi connectivity index (χ2v) is 6.41. The van der Waals surface area contributed by atoms with Gasteiger partial charge in [0.1, 0.15) is 11.6 Å². The number of pyridine rings is 1. The fraction of sp³-hybridized carbons (Fsp3) is 0.471. The van der Waals surface area contributed by atoms with E-state index in [9.17, 15) is 0 Å². The SMILES string of the molecule is Cc1nc(C)n(CC2CCCN2Cc2nc(-c3cccnc3)no2)n1. The summed E-state index contributed by atoms with van der Waals surface area (Å²) in [4.78, 5) is 15.4. The molecule has 3 aromatic heterocycles. The van der Waals surface area contributed by atoms with Crippen LogP contribution in [-0.4, -0.2) is 47.4 Å². The van der Waals surface area contributed by atoms with Crippen LogP contribution in [0.1, 0.15) is 30.4 Å². The van der Waals surface area contributed by atoms with Crippen LogP contribution in [0.15, 0.2) is 29.0 Å². The molecule has 1 aliphatic heterocycles. The summed E-state index contributed by atoms with van der Waals surface area (Å²) in [5.41, 5.74) is 0.865. The van der Waals surface area contributed by atoms with Crippen molar-refractivity contribution in [1.82, 2.24) is 34.8 Å². The van der Waals surface area contributed by atoms with Gasteiger partial charge in [-0.05, 0) is 45.4 Å². The zero-order valence-corrected chi connectivity index (χ0v) is 14.5. The van der Waals surface area contributed by atoms with Gasteiger partial charge in [0.15, 0.2) is 0 Å². The van der Waals surface area contributed by atoms with Gasteiger partial charge in [-0.25, -0.2) is 9.67 Å². The molecule has 130 valence electrons. The smallest absolute Gasteiger partial charge is 0.241 e. The average molecular weight is 339 g/mol. The molecule has 8 heteroatoms. The van der Waals surface area contributed by atoms with Crippen molar-refractivity contribution in [2.24, 2.45) is 0 Å². The lowest BCUT2D eigenvalue weighted by atomic mass is 10.2. The number of aryl methyl sites for hydroxylation is 2. The van der Waals surface area contributed by atoms with Gasteiger partial charge in [-0.2, -0.15) is 10.1 Å². The molecule has 1 saturated heterocycles. The molecule has 0 spiro atoms. The standard InChI is InChI=1S/C17H21N7O/c1-12-19-13(2)24(21-12)10-15-6-4-8-23(15)11-16-20-17(22-25-16)14-5-3-7-18-9-14/h3,5,7,9,15H,4,6,8,10-11H2,1-2H3. The van der Waals surface area contributed by atoms with Crippen LogP contribution in [0.25, 0.3) is 11.4 Å². The molecule has 8 nitrogen and oxygen atoms in total. The summed E-state index contributed by atoms with van der Waals surface area (Å²) in [5.74, 6) is 3.00. The van der Waals surface area contributed by atoms with E-state index in [-0.39, 0.29) is 0 Å². The highest BCUT2D eigenvalue weighted by Crippen LogP contribution is 2.22. The molecule has 1 atom stereocenters. The first-order valence-corrected chi connectivity index (χ1v) is 8.54. The third kappa shape index (κ3) is 3.43. The van der Waals surface area contributed by atoms with Gasteiger partial charge in [0.25, 0.3) is 0 Å². The Bertz CT molecular complexity index is 842. The molecule has 0 N–H and O–H groups in total. The monoisotopic (exact) mass is 339 g/mol. The molecule has 1 fully saturated rings. The van der Waals surface area contributed by atoms with Gasteiger partial charge in [0, 0.05) is 24.0 Å². The van der Waals surface area contributed by atoms with Gasteiger partial charge in [0.05, 0.1) is 13.1 Å². The molecule has 0 bridgehead atoms. The number of hydrogen-bond donors (Lipinski definition) is 0. The lowest BCUT2D eigenvalue weighted by molar-refractivity contribution is 0.191. The van der Waals surface area contributed by atoms with E-state index in [1.165, 1.54) is 6.42 Å². The molecule has 0 aromatic carbocycles. The van der Waals surface area contributed by atoms with Crippen LogP contribution in [-0.2, 0) is 13.1 Å². The van der Waals surface area contributed by atoms with Crippen molar-refractivity contribution in [1.29, 1.82) is 0 Å². The minimum absolute atomic E-state index is 0.411. The van der Waals surface area contributed by atoms with E-state index in [1.807, 2.05) is 30.7 Å². The third-order valence-electron chi connectivity index (χ3n) is 4.57. The zero-order chi connectivity index (χ0) is 17.2. The van der Waals surface area contributed by atoms with Crippen molar-refractivity contribution < 1.29 is 4.52 Å². The maximum atomic E-state index is 5.44. The lowest BCUT2D eigenvalue weighted by Crippen LogP contribution is -2.33. The molecule has 1 aliphatic rings. The quantitative estimate of drug-likeness (QED) is 0.703. The molecule has 1 unspecified atom stereocenters. The van der Waals surface area contributed by atoms with Gasteiger partial charge in [0.2, 0.25) is 11.7 Å². The largest absolute Gasteiger partial charge is 0.338 e. The van der Waals surface area contributed by atoms with Crippen LogP contribution >= 0.6 is 0 Å². The van der Waals surface area contributed by atoms with E-state index in [0.29, 0.717) is 24.3 Å².